The summed E-state index contributed by atoms with van der Waals surface area (Å²) in [5.74, 6) is 0.847. The molecule has 0 amide bonds. The third-order valence-corrected chi connectivity index (χ3v) is 3.44. The van der Waals surface area contributed by atoms with E-state index in [2.05, 4.69) is 40.3 Å². The standard InChI is InChI=1S/C12H16BrNO2/c1-8-12(16-6-5-14-8)9-3-4-11(15-2)10(13)7-9/h3-4,7-8,12,14H,5-6H2,1-2H3. The average molecular weight is 286 g/mol. The van der Waals surface area contributed by atoms with Crippen molar-refractivity contribution in [2.45, 2.75) is 19.1 Å². The highest BCUT2D eigenvalue weighted by molar-refractivity contribution is 9.10. The average Bonchev–Trinajstić information content (AvgIpc) is 2.29. The minimum Gasteiger partial charge on any atom is -0.496 e. The molecule has 0 aromatic heterocycles. The highest BCUT2D eigenvalue weighted by Gasteiger charge is 2.23. The van der Waals surface area contributed by atoms with Gasteiger partial charge in [0, 0.05) is 12.6 Å². The predicted molar refractivity (Wildman–Crippen MR) is 66.9 cm³/mol. The number of benzene rings is 1. The summed E-state index contributed by atoms with van der Waals surface area (Å²) in [6.45, 7) is 3.83. The second kappa shape index (κ2) is 5.17. The Morgan fingerprint density at radius 3 is 2.94 bits per heavy atom. The number of rotatable bonds is 2. The molecule has 0 radical (unpaired) electrons. The number of hydrogen-bond acceptors (Lipinski definition) is 3. The zero-order valence-corrected chi connectivity index (χ0v) is 11.1. The lowest BCUT2D eigenvalue weighted by Gasteiger charge is -2.30. The van der Waals surface area contributed by atoms with Crippen molar-refractivity contribution < 1.29 is 9.47 Å². The number of methoxy groups -OCH3 is 1. The van der Waals surface area contributed by atoms with Crippen LogP contribution in [0.3, 0.4) is 0 Å². The zero-order valence-electron chi connectivity index (χ0n) is 9.50. The van der Waals surface area contributed by atoms with Gasteiger partial charge in [-0.25, -0.2) is 0 Å². The lowest BCUT2D eigenvalue weighted by atomic mass is 10.0. The first kappa shape index (κ1) is 11.9. The van der Waals surface area contributed by atoms with Gasteiger partial charge in [0.05, 0.1) is 24.3 Å². The van der Waals surface area contributed by atoms with Gasteiger partial charge < -0.3 is 14.8 Å². The van der Waals surface area contributed by atoms with E-state index in [-0.39, 0.29) is 6.10 Å². The molecule has 2 rings (SSSR count). The largest absolute Gasteiger partial charge is 0.496 e. The Morgan fingerprint density at radius 2 is 2.31 bits per heavy atom. The summed E-state index contributed by atoms with van der Waals surface area (Å²) in [6.07, 6.45) is 0.121. The molecule has 4 heteroatoms. The van der Waals surface area contributed by atoms with Gasteiger partial charge in [-0.2, -0.15) is 0 Å². The van der Waals surface area contributed by atoms with Crippen molar-refractivity contribution in [3.8, 4) is 5.75 Å². The van der Waals surface area contributed by atoms with Gasteiger partial charge in [0.1, 0.15) is 5.75 Å². The van der Waals surface area contributed by atoms with Crippen molar-refractivity contribution in [3.63, 3.8) is 0 Å². The van der Waals surface area contributed by atoms with Crippen molar-refractivity contribution in [1.82, 2.24) is 5.32 Å². The summed E-state index contributed by atoms with van der Waals surface area (Å²) in [5.41, 5.74) is 1.17. The second-order valence-corrected chi connectivity index (χ2v) is 4.78. The van der Waals surface area contributed by atoms with Crippen molar-refractivity contribution in [1.29, 1.82) is 0 Å². The van der Waals surface area contributed by atoms with Crippen LogP contribution in [-0.4, -0.2) is 26.3 Å². The van der Waals surface area contributed by atoms with Gasteiger partial charge in [0.2, 0.25) is 0 Å². The summed E-state index contributed by atoms with van der Waals surface area (Å²) in [7, 11) is 1.67. The molecule has 0 spiro atoms. The maximum atomic E-state index is 5.78. The van der Waals surface area contributed by atoms with Crippen LogP contribution in [-0.2, 0) is 4.74 Å². The number of ether oxygens (including phenoxy) is 2. The molecule has 1 aromatic carbocycles. The Bertz CT molecular complexity index is 370. The van der Waals surface area contributed by atoms with Crippen molar-refractivity contribution in [2.75, 3.05) is 20.3 Å². The van der Waals surface area contributed by atoms with E-state index in [9.17, 15) is 0 Å². The van der Waals surface area contributed by atoms with Crippen LogP contribution >= 0.6 is 15.9 Å². The molecule has 1 aromatic rings. The van der Waals surface area contributed by atoms with Crippen LogP contribution in [0.25, 0.3) is 0 Å². The monoisotopic (exact) mass is 285 g/mol. The van der Waals surface area contributed by atoms with Gasteiger partial charge in [-0.15, -0.1) is 0 Å². The SMILES string of the molecule is COc1ccc(C2OCCNC2C)cc1Br. The molecule has 1 heterocycles. The fourth-order valence-corrected chi connectivity index (χ4v) is 2.53. The van der Waals surface area contributed by atoms with Crippen LogP contribution in [0.4, 0.5) is 0 Å². The van der Waals surface area contributed by atoms with Crippen LogP contribution in [0.15, 0.2) is 22.7 Å². The zero-order chi connectivity index (χ0) is 11.5. The quantitative estimate of drug-likeness (QED) is 0.906. The van der Waals surface area contributed by atoms with Crippen LogP contribution in [0, 0.1) is 0 Å². The lowest BCUT2D eigenvalue weighted by Crippen LogP contribution is -2.41. The maximum Gasteiger partial charge on any atom is 0.133 e. The Balaban J connectivity index is 2.22. The highest BCUT2D eigenvalue weighted by atomic mass is 79.9. The van der Waals surface area contributed by atoms with Gasteiger partial charge in [0.25, 0.3) is 0 Å². The molecule has 16 heavy (non-hydrogen) atoms. The first-order valence-electron chi connectivity index (χ1n) is 5.41. The van der Waals surface area contributed by atoms with E-state index >= 15 is 0 Å². The molecule has 2 atom stereocenters. The summed E-state index contributed by atoms with van der Waals surface area (Å²) < 4.78 is 12.0. The molecule has 88 valence electrons. The van der Waals surface area contributed by atoms with Crippen LogP contribution < -0.4 is 10.1 Å². The first-order valence-corrected chi connectivity index (χ1v) is 6.20. The molecule has 1 fully saturated rings. The highest BCUT2D eigenvalue weighted by Crippen LogP contribution is 2.31. The normalized spacial score (nSPS) is 25.4. The van der Waals surface area contributed by atoms with Gasteiger partial charge in [0.15, 0.2) is 0 Å². The number of halogens is 1. The Morgan fingerprint density at radius 1 is 1.50 bits per heavy atom. The number of hydrogen-bond donors (Lipinski definition) is 1. The van der Waals surface area contributed by atoms with E-state index in [1.807, 2.05) is 6.07 Å². The van der Waals surface area contributed by atoms with Gasteiger partial charge >= 0.3 is 0 Å². The Hall–Kier alpha value is -0.580. The van der Waals surface area contributed by atoms with Crippen LogP contribution in [0.2, 0.25) is 0 Å². The molecule has 1 saturated heterocycles. The maximum absolute atomic E-state index is 5.78. The molecule has 1 aliphatic rings. The van der Waals surface area contributed by atoms with Crippen LogP contribution in [0.5, 0.6) is 5.75 Å². The summed E-state index contributed by atoms with van der Waals surface area (Å²) in [5, 5.41) is 3.41. The van der Waals surface area contributed by atoms with Crippen molar-refractivity contribution >= 4 is 15.9 Å². The van der Waals surface area contributed by atoms with E-state index < -0.39 is 0 Å². The Labute approximate surface area is 104 Å². The van der Waals surface area contributed by atoms with Crippen LogP contribution in [0.1, 0.15) is 18.6 Å². The molecule has 0 saturated carbocycles. The molecule has 3 nitrogen and oxygen atoms in total. The first-order chi connectivity index (χ1) is 7.72. The Kier molecular flexibility index (Phi) is 3.84. The van der Waals surface area contributed by atoms with E-state index in [4.69, 9.17) is 9.47 Å². The topological polar surface area (TPSA) is 30.5 Å². The molecule has 1 N–H and O–H groups in total. The van der Waals surface area contributed by atoms with Crippen molar-refractivity contribution in [3.05, 3.63) is 28.2 Å². The molecule has 1 aliphatic heterocycles. The molecular formula is C12H16BrNO2. The van der Waals surface area contributed by atoms with Crippen molar-refractivity contribution in [2.24, 2.45) is 0 Å². The van der Waals surface area contributed by atoms with E-state index in [1.165, 1.54) is 5.56 Å². The van der Waals surface area contributed by atoms with E-state index in [0.717, 1.165) is 23.4 Å². The van der Waals surface area contributed by atoms with Gasteiger partial charge in [-0.3, -0.25) is 0 Å². The summed E-state index contributed by atoms with van der Waals surface area (Å²) >= 11 is 3.49. The minimum absolute atomic E-state index is 0.121. The smallest absolute Gasteiger partial charge is 0.133 e. The van der Waals surface area contributed by atoms with Gasteiger partial charge in [-0.1, -0.05) is 6.07 Å². The fraction of sp³-hybridized carbons (Fsp3) is 0.500. The third kappa shape index (κ3) is 2.39. The summed E-state index contributed by atoms with van der Waals surface area (Å²) in [6, 6.07) is 6.42. The number of morpholine rings is 1. The predicted octanol–water partition coefficient (Wildman–Crippen LogP) is 2.51. The molecular weight excluding hydrogens is 270 g/mol. The lowest BCUT2D eigenvalue weighted by molar-refractivity contribution is -0.000278. The minimum atomic E-state index is 0.121. The van der Waals surface area contributed by atoms with Gasteiger partial charge in [-0.05, 0) is 40.5 Å². The summed E-state index contributed by atoms with van der Waals surface area (Å²) in [4.78, 5) is 0. The second-order valence-electron chi connectivity index (χ2n) is 3.93. The molecule has 2 unspecified atom stereocenters. The molecule has 0 bridgehead atoms. The molecule has 0 aliphatic carbocycles. The van der Waals surface area contributed by atoms with E-state index in [1.54, 1.807) is 7.11 Å². The fourth-order valence-electron chi connectivity index (χ4n) is 1.97. The van der Waals surface area contributed by atoms with E-state index in [0.29, 0.717) is 6.04 Å². The number of nitrogens with one attached hydrogen (secondary N) is 1. The third-order valence-electron chi connectivity index (χ3n) is 2.82.